The molecule has 0 spiro atoms. The molecule has 7 heteroatoms. The Morgan fingerprint density at radius 3 is 2.63 bits per heavy atom. The Labute approximate surface area is 173 Å². The van der Waals surface area contributed by atoms with Gasteiger partial charge in [0.2, 0.25) is 0 Å². The second kappa shape index (κ2) is 8.57. The number of carbonyl (C=O) groups is 2. The molecule has 4 aromatic rings. The van der Waals surface area contributed by atoms with E-state index in [1.54, 1.807) is 6.20 Å². The Morgan fingerprint density at radius 1 is 1.10 bits per heavy atom. The predicted molar refractivity (Wildman–Crippen MR) is 111 cm³/mol. The summed E-state index contributed by atoms with van der Waals surface area (Å²) in [6.45, 7) is 2.20. The van der Waals surface area contributed by atoms with Gasteiger partial charge in [-0.05, 0) is 18.2 Å². The molecule has 3 heterocycles. The zero-order valence-electron chi connectivity index (χ0n) is 16.4. The Morgan fingerprint density at radius 2 is 1.90 bits per heavy atom. The highest BCUT2D eigenvalue weighted by Crippen LogP contribution is 2.28. The first kappa shape index (κ1) is 19.3. The van der Waals surface area contributed by atoms with Crippen molar-refractivity contribution < 1.29 is 14.1 Å². The molecule has 0 radical (unpaired) electrons. The number of nitrogens with zero attached hydrogens (tertiary/aromatic N) is 2. The number of hydrogen-bond acceptors (Lipinski definition) is 5. The van der Waals surface area contributed by atoms with Gasteiger partial charge < -0.3 is 14.8 Å². The van der Waals surface area contributed by atoms with Crippen LogP contribution in [0.2, 0.25) is 0 Å². The summed E-state index contributed by atoms with van der Waals surface area (Å²) in [7, 11) is 0. The molecule has 7 nitrogen and oxygen atoms in total. The van der Waals surface area contributed by atoms with Crippen LogP contribution < -0.4 is 5.32 Å². The zero-order chi connectivity index (χ0) is 20.9. The number of carbonyl (C=O) groups excluding carboxylic acids is 2. The minimum atomic E-state index is -0.316. The molecule has 1 amide bonds. The Balaban J connectivity index is 1.56. The first-order valence-electron chi connectivity index (χ1n) is 9.62. The van der Waals surface area contributed by atoms with Gasteiger partial charge in [0.05, 0.1) is 17.8 Å². The molecule has 0 saturated heterocycles. The van der Waals surface area contributed by atoms with Gasteiger partial charge in [-0.3, -0.25) is 14.6 Å². The molecule has 0 aliphatic rings. The van der Waals surface area contributed by atoms with E-state index in [2.05, 4.69) is 20.4 Å². The lowest BCUT2D eigenvalue weighted by atomic mass is 9.98. The van der Waals surface area contributed by atoms with Crippen LogP contribution in [0.5, 0.6) is 0 Å². The molecule has 0 bridgehead atoms. The average molecular weight is 400 g/mol. The average Bonchev–Trinajstić information content (AvgIpc) is 3.46. The van der Waals surface area contributed by atoms with E-state index in [4.69, 9.17) is 4.52 Å². The number of ketones is 1. The lowest BCUT2D eigenvalue weighted by Crippen LogP contribution is -2.23. The molecule has 1 aromatic carbocycles. The van der Waals surface area contributed by atoms with Crippen LogP contribution in [-0.4, -0.2) is 26.8 Å². The number of H-pyrrole nitrogens is 1. The zero-order valence-corrected chi connectivity index (χ0v) is 16.4. The quantitative estimate of drug-likeness (QED) is 0.460. The van der Waals surface area contributed by atoms with E-state index < -0.39 is 0 Å². The number of benzene rings is 1. The SMILES string of the molecule is CCc1onc(-c2ccccc2)c1C(=O)c1c[nH]c(C(=O)NCc2ccccn2)c1. The van der Waals surface area contributed by atoms with Gasteiger partial charge in [0.15, 0.2) is 5.78 Å². The van der Waals surface area contributed by atoms with E-state index in [1.165, 1.54) is 12.3 Å². The van der Waals surface area contributed by atoms with E-state index in [0.29, 0.717) is 41.2 Å². The topological polar surface area (TPSA) is 101 Å². The monoisotopic (exact) mass is 400 g/mol. The highest BCUT2D eigenvalue weighted by atomic mass is 16.5. The number of hydrogen-bond donors (Lipinski definition) is 2. The van der Waals surface area contributed by atoms with Crippen LogP contribution in [0.25, 0.3) is 11.3 Å². The van der Waals surface area contributed by atoms with Gasteiger partial charge in [0.25, 0.3) is 5.91 Å². The fourth-order valence-electron chi connectivity index (χ4n) is 3.16. The first-order valence-corrected chi connectivity index (χ1v) is 9.62. The highest BCUT2D eigenvalue weighted by Gasteiger charge is 2.25. The number of aromatic nitrogens is 3. The number of pyridine rings is 1. The van der Waals surface area contributed by atoms with Crippen molar-refractivity contribution in [3.63, 3.8) is 0 Å². The molecule has 0 aliphatic heterocycles. The molecule has 2 N–H and O–H groups in total. The standard InChI is InChI=1S/C23H20N4O3/c1-2-19-20(21(27-30-19)15-8-4-3-5-9-15)22(28)16-12-18(25-13-16)23(29)26-14-17-10-6-7-11-24-17/h3-13,25H,2,14H2,1H3,(H,26,29). The van der Waals surface area contributed by atoms with Crippen LogP contribution in [0.15, 0.2) is 71.5 Å². The fourth-order valence-corrected chi connectivity index (χ4v) is 3.16. The van der Waals surface area contributed by atoms with Crippen molar-refractivity contribution in [1.29, 1.82) is 0 Å². The van der Waals surface area contributed by atoms with Gasteiger partial charge in [-0.1, -0.05) is 48.5 Å². The first-order chi connectivity index (χ1) is 14.7. The summed E-state index contributed by atoms with van der Waals surface area (Å²) in [5.41, 5.74) is 3.13. The molecule has 30 heavy (non-hydrogen) atoms. The third-order valence-corrected chi connectivity index (χ3v) is 4.70. The number of rotatable bonds is 7. The second-order valence-electron chi connectivity index (χ2n) is 6.68. The van der Waals surface area contributed by atoms with Crippen molar-refractivity contribution in [2.45, 2.75) is 19.9 Å². The second-order valence-corrected chi connectivity index (χ2v) is 6.68. The van der Waals surface area contributed by atoms with Gasteiger partial charge in [-0.15, -0.1) is 0 Å². The van der Waals surface area contributed by atoms with Crippen molar-refractivity contribution in [3.8, 4) is 11.3 Å². The van der Waals surface area contributed by atoms with Crippen molar-refractivity contribution in [1.82, 2.24) is 20.4 Å². The van der Waals surface area contributed by atoms with Crippen LogP contribution in [0.3, 0.4) is 0 Å². The van der Waals surface area contributed by atoms with Gasteiger partial charge in [-0.25, -0.2) is 0 Å². The summed E-state index contributed by atoms with van der Waals surface area (Å²) in [6.07, 6.45) is 3.73. The van der Waals surface area contributed by atoms with Gasteiger partial charge in [0.1, 0.15) is 17.1 Å². The molecule has 150 valence electrons. The summed E-state index contributed by atoms with van der Waals surface area (Å²) in [5, 5.41) is 6.90. The van der Waals surface area contributed by atoms with Gasteiger partial charge in [-0.2, -0.15) is 0 Å². The smallest absolute Gasteiger partial charge is 0.268 e. The molecule has 0 fully saturated rings. The van der Waals surface area contributed by atoms with Gasteiger partial charge >= 0.3 is 0 Å². The lowest BCUT2D eigenvalue weighted by molar-refractivity contribution is 0.0946. The maximum absolute atomic E-state index is 13.2. The minimum absolute atomic E-state index is 0.244. The van der Waals surface area contributed by atoms with Crippen LogP contribution in [0, 0.1) is 0 Å². The molecule has 0 aliphatic carbocycles. The van der Waals surface area contributed by atoms with Crippen molar-refractivity contribution in [3.05, 3.63) is 95.3 Å². The minimum Gasteiger partial charge on any atom is -0.360 e. The summed E-state index contributed by atoms with van der Waals surface area (Å²) in [6, 6.07) is 16.4. The third-order valence-electron chi connectivity index (χ3n) is 4.70. The maximum Gasteiger partial charge on any atom is 0.268 e. The van der Waals surface area contributed by atoms with Crippen molar-refractivity contribution in [2.24, 2.45) is 0 Å². The Bertz CT molecular complexity index is 1160. The van der Waals surface area contributed by atoms with Crippen LogP contribution >= 0.6 is 0 Å². The number of aryl methyl sites for hydroxylation is 1. The normalized spacial score (nSPS) is 10.7. The summed E-state index contributed by atoms with van der Waals surface area (Å²) in [4.78, 5) is 32.7. The highest BCUT2D eigenvalue weighted by molar-refractivity contribution is 6.13. The van der Waals surface area contributed by atoms with Crippen LogP contribution in [0.1, 0.15) is 44.8 Å². The van der Waals surface area contributed by atoms with E-state index in [9.17, 15) is 9.59 Å². The van der Waals surface area contributed by atoms with E-state index in [0.717, 1.165) is 11.3 Å². The van der Waals surface area contributed by atoms with Crippen LogP contribution in [0.4, 0.5) is 0 Å². The lowest BCUT2D eigenvalue weighted by Gasteiger charge is -2.03. The molecular formula is C23H20N4O3. The van der Waals surface area contributed by atoms with Crippen molar-refractivity contribution >= 4 is 11.7 Å². The molecule has 0 atom stereocenters. The molecular weight excluding hydrogens is 380 g/mol. The van der Waals surface area contributed by atoms with E-state index in [-0.39, 0.29) is 11.7 Å². The number of nitrogens with one attached hydrogen (secondary N) is 2. The Hall–Kier alpha value is -4.00. The molecule has 3 aromatic heterocycles. The summed E-state index contributed by atoms with van der Waals surface area (Å²) >= 11 is 0. The van der Waals surface area contributed by atoms with E-state index in [1.807, 2.05) is 55.5 Å². The van der Waals surface area contributed by atoms with Gasteiger partial charge in [0, 0.05) is 29.9 Å². The summed E-state index contributed by atoms with van der Waals surface area (Å²) in [5.74, 6) is -0.0443. The fraction of sp³-hybridized carbons (Fsp3) is 0.130. The molecule has 4 rings (SSSR count). The largest absolute Gasteiger partial charge is 0.360 e. The molecule has 0 unspecified atom stereocenters. The maximum atomic E-state index is 13.2. The Kier molecular flexibility index (Phi) is 5.52. The van der Waals surface area contributed by atoms with Crippen molar-refractivity contribution in [2.75, 3.05) is 0 Å². The van der Waals surface area contributed by atoms with E-state index >= 15 is 0 Å². The summed E-state index contributed by atoms with van der Waals surface area (Å²) < 4.78 is 5.42. The number of aromatic amines is 1. The third kappa shape index (κ3) is 3.91. The van der Waals surface area contributed by atoms with Crippen LogP contribution in [-0.2, 0) is 13.0 Å². The molecule has 0 saturated carbocycles. The predicted octanol–water partition coefficient (Wildman–Crippen LogP) is 3.79. The number of amides is 1.